The minimum absolute atomic E-state index is 0.0139. The zero-order chi connectivity index (χ0) is 20.0. The van der Waals surface area contributed by atoms with E-state index in [1.165, 1.54) is 51.2 Å². The largest absolute Gasteiger partial charge is 0.493 e. The second-order valence-corrected chi connectivity index (χ2v) is 8.42. The van der Waals surface area contributed by atoms with Crippen molar-refractivity contribution in [2.45, 2.75) is 9.79 Å². The van der Waals surface area contributed by atoms with Crippen molar-refractivity contribution in [2.75, 3.05) is 39.4 Å². The standard InChI is InChI=1S/C18H22N2O5S2/c1-20(12-18(21)19-14-7-5-6-8-17(14)26-4)27(22,23)13-9-10-15(24-2)16(11-13)25-3/h5-11H,12H2,1-4H3,(H,19,21). The topological polar surface area (TPSA) is 84.9 Å². The van der Waals surface area contributed by atoms with Crippen LogP contribution in [0.1, 0.15) is 0 Å². The van der Waals surface area contributed by atoms with Crippen LogP contribution < -0.4 is 14.8 Å². The van der Waals surface area contributed by atoms with Crippen LogP contribution in [0.5, 0.6) is 11.5 Å². The molecule has 0 aromatic heterocycles. The number of sulfonamides is 1. The number of anilines is 1. The first-order chi connectivity index (χ1) is 12.8. The molecule has 0 heterocycles. The molecule has 0 aliphatic carbocycles. The average Bonchev–Trinajstić information content (AvgIpc) is 2.67. The van der Waals surface area contributed by atoms with Crippen LogP contribution >= 0.6 is 11.8 Å². The number of nitrogens with one attached hydrogen (secondary N) is 1. The SMILES string of the molecule is COc1ccc(S(=O)(=O)N(C)CC(=O)Nc2ccccc2SC)cc1OC. The van der Waals surface area contributed by atoms with Gasteiger partial charge in [0.1, 0.15) is 0 Å². The molecule has 2 rings (SSSR count). The van der Waals surface area contributed by atoms with Gasteiger partial charge in [-0.2, -0.15) is 4.31 Å². The lowest BCUT2D eigenvalue weighted by molar-refractivity contribution is -0.116. The summed E-state index contributed by atoms with van der Waals surface area (Å²) in [5.41, 5.74) is 0.645. The van der Waals surface area contributed by atoms with Crippen LogP contribution in [0.15, 0.2) is 52.3 Å². The monoisotopic (exact) mass is 410 g/mol. The highest BCUT2D eigenvalue weighted by Crippen LogP contribution is 2.30. The number of carbonyl (C=O) groups is 1. The first-order valence-electron chi connectivity index (χ1n) is 7.94. The first kappa shape index (κ1) is 21.1. The quantitative estimate of drug-likeness (QED) is 0.674. The second kappa shape index (κ2) is 9.12. The number of nitrogens with zero attached hydrogens (tertiary/aromatic N) is 1. The lowest BCUT2D eigenvalue weighted by atomic mass is 10.3. The smallest absolute Gasteiger partial charge is 0.243 e. The molecule has 1 amide bonds. The maximum atomic E-state index is 12.8. The van der Waals surface area contributed by atoms with Crippen molar-refractivity contribution >= 4 is 33.4 Å². The number of ether oxygens (including phenoxy) is 2. The second-order valence-electron chi connectivity index (χ2n) is 5.53. The van der Waals surface area contributed by atoms with Crippen molar-refractivity contribution in [1.82, 2.24) is 4.31 Å². The molecule has 7 nitrogen and oxygen atoms in total. The normalized spacial score (nSPS) is 11.3. The van der Waals surface area contributed by atoms with Gasteiger partial charge in [-0.05, 0) is 30.5 Å². The molecular weight excluding hydrogens is 388 g/mol. The van der Waals surface area contributed by atoms with Gasteiger partial charge in [0.25, 0.3) is 0 Å². The van der Waals surface area contributed by atoms with Gasteiger partial charge >= 0.3 is 0 Å². The third kappa shape index (κ3) is 4.94. The van der Waals surface area contributed by atoms with Gasteiger partial charge in [0.15, 0.2) is 11.5 Å². The van der Waals surface area contributed by atoms with Gasteiger partial charge in [0, 0.05) is 18.0 Å². The molecule has 0 fully saturated rings. The summed E-state index contributed by atoms with van der Waals surface area (Å²) in [7, 11) is 0.378. The van der Waals surface area contributed by atoms with Gasteiger partial charge < -0.3 is 14.8 Å². The molecule has 0 saturated heterocycles. The number of benzene rings is 2. The molecule has 0 radical (unpaired) electrons. The summed E-state index contributed by atoms with van der Waals surface area (Å²) in [5.74, 6) is 0.291. The Morgan fingerprint density at radius 2 is 1.78 bits per heavy atom. The zero-order valence-corrected chi connectivity index (χ0v) is 17.2. The Kier molecular flexibility index (Phi) is 7.11. The summed E-state index contributed by atoms with van der Waals surface area (Å²) in [6, 6.07) is 11.6. The molecule has 2 aromatic carbocycles. The molecule has 0 spiro atoms. The number of methoxy groups -OCH3 is 2. The average molecular weight is 411 g/mol. The maximum absolute atomic E-state index is 12.8. The third-order valence-corrected chi connectivity index (χ3v) is 6.41. The van der Waals surface area contributed by atoms with Crippen molar-refractivity contribution in [3.05, 3.63) is 42.5 Å². The summed E-state index contributed by atoms with van der Waals surface area (Å²) < 4.78 is 36.8. The number of hydrogen-bond donors (Lipinski definition) is 1. The molecule has 0 unspecified atom stereocenters. The molecule has 0 atom stereocenters. The van der Waals surface area contributed by atoms with Crippen molar-refractivity contribution in [3.8, 4) is 11.5 Å². The Labute approximate surface area is 163 Å². The van der Waals surface area contributed by atoms with E-state index >= 15 is 0 Å². The van der Waals surface area contributed by atoms with Crippen LogP contribution in [0.25, 0.3) is 0 Å². The Balaban J connectivity index is 2.16. The minimum atomic E-state index is -3.87. The van der Waals surface area contributed by atoms with E-state index in [1.807, 2.05) is 18.4 Å². The van der Waals surface area contributed by atoms with Gasteiger partial charge in [-0.3, -0.25) is 4.79 Å². The summed E-state index contributed by atoms with van der Waals surface area (Å²) >= 11 is 1.49. The third-order valence-electron chi connectivity index (χ3n) is 3.81. The van der Waals surface area contributed by atoms with Crippen molar-refractivity contribution in [3.63, 3.8) is 0 Å². The van der Waals surface area contributed by atoms with E-state index in [0.717, 1.165) is 9.20 Å². The molecule has 0 aliphatic rings. The number of likely N-dealkylation sites (N-methyl/N-ethyl adjacent to an activating group) is 1. The van der Waals surface area contributed by atoms with Crippen LogP contribution in [0, 0.1) is 0 Å². The molecule has 0 saturated carbocycles. The Morgan fingerprint density at radius 1 is 1.11 bits per heavy atom. The number of hydrogen-bond acceptors (Lipinski definition) is 6. The molecule has 9 heteroatoms. The van der Waals surface area contributed by atoms with Crippen LogP contribution in [0.2, 0.25) is 0 Å². The van der Waals surface area contributed by atoms with Crippen LogP contribution in [0.3, 0.4) is 0 Å². The van der Waals surface area contributed by atoms with Crippen molar-refractivity contribution < 1.29 is 22.7 Å². The highest BCUT2D eigenvalue weighted by Gasteiger charge is 2.24. The maximum Gasteiger partial charge on any atom is 0.243 e. The first-order valence-corrected chi connectivity index (χ1v) is 10.6. The molecule has 2 aromatic rings. The van der Waals surface area contributed by atoms with E-state index in [1.54, 1.807) is 12.1 Å². The predicted molar refractivity (Wildman–Crippen MR) is 106 cm³/mol. The van der Waals surface area contributed by atoms with Crippen LogP contribution in [0.4, 0.5) is 5.69 Å². The highest BCUT2D eigenvalue weighted by molar-refractivity contribution is 7.98. The number of amides is 1. The number of rotatable bonds is 8. The minimum Gasteiger partial charge on any atom is -0.493 e. The number of thioether (sulfide) groups is 1. The summed E-state index contributed by atoms with van der Waals surface area (Å²) in [5, 5.41) is 2.75. The van der Waals surface area contributed by atoms with E-state index in [0.29, 0.717) is 17.2 Å². The van der Waals surface area contributed by atoms with Crippen molar-refractivity contribution in [2.24, 2.45) is 0 Å². The Hall–Kier alpha value is -2.23. The van der Waals surface area contributed by atoms with Gasteiger partial charge in [-0.15, -0.1) is 11.8 Å². The zero-order valence-electron chi connectivity index (χ0n) is 15.6. The Bertz CT molecular complexity index is 916. The summed E-state index contributed by atoms with van der Waals surface area (Å²) in [6.45, 7) is -0.320. The van der Waals surface area contributed by atoms with Crippen molar-refractivity contribution in [1.29, 1.82) is 0 Å². The number of para-hydroxylation sites is 1. The molecule has 0 bridgehead atoms. The fraction of sp³-hybridized carbons (Fsp3) is 0.278. The lowest BCUT2D eigenvalue weighted by Crippen LogP contribution is -2.35. The van der Waals surface area contributed by atoms with Gasteiger partial charge in [0.05, 0.1) is 31.3 Å². The number of carbonyl (C=O) groups excluding carboxylic acids is 1. The lowest BCUT2D eigenvalue weighted by Gasteiger charge is -2.18. The molecule has 1 N–H and O–H groups in total. The fourth-order valence-corrected chi connectivity index (χ4v) is 4.08. The summed E-state index contributed by atoms with van der Waals surface area (Å²) in [4.78, 5) is 13.2. The summed E-state index contributed by atoms with van der Waals surface area (Å²) in [6.07, 6.45) is 1.90. The van der Waals surface area contributed by atoms with Crippen LogP contribution in [-0.2, 0) is 14.8 Å². The Morgan fingerprint density at radius 3 is 2.41 bits per heavy atom. The van der Waals surface area contributed by atoms with E-state index in [2.05, 4.69) is 5.32 Å². The molecule has 146 valence electrons. The van der Waals surface area contributed by atoms with Gasteiger partial charge in [-0.1, -0.05) is 12.1 Å². The van der Waals surface area contributed by atoms with E-state index in [-0.39, 0.29) is 11.4 Å². The van der Waals surface area contributed by atoms with E-state index < -0.39 is 15.9 Å². The van der Waals surface area contributed by atoms with Gasteiger partial charge in [0.2, 0.25) is 15.9 Å². The highest BCUT2D eigenvalue weighted by atomic mass is 32.2. The molecule has 0 aliphatic heterocycles. The molecular formula is C18H22N2O5S2. The predicted octanol–water partition coefficient (Wildman–Crippen LogP) is 2.68. The van der Waals surface area contributed by atoms with E-state index in [4.69, 9.17) is 9.47 Å². The van der Waals surface area contributed by atoms with Crippen LogP contribution in [-0.4, -0.2) is 52.7 Å². The molecule has 27 heavy (non-hydrogen) atoms. The van der Waals surface area contributed by atoms with Gasteiger partial charge in [-0.25, -0.2) is 8.42 Å². The van der Waals surface area contributed by atoms with E-state index in [9.17, 15) is 13.2 Å². The fourth-order valence-electron chi connectivity index (χ4n) is 2.38.